The summed E-state index contributed by atoms with van der Waals surface area (Å²) < 4.78 is 13.3. The van der Waals surface area contributed by atoms with Crippen LogP contribution in [0.1, 0.15) is 43.1 Å². The topological polar surface area (TPSA) is 91.4 Å². The monoisotopic (exact) mass is 419 g/mol. The third-order valence-corrected chi connectivity index (χ3v) is 6.44. The summed E-state index contributed by atoms with van der Waals surface area (Å²) in [4.78, 5) is 21.7. The van der Waals surface area contributed by atoms with Gasteiger partial charge in [0.05, 0.1) is 12.3 Å². The average molecular weight is 419 g/mol. The van der Waals surface area contributed by atoms with Gasteiger partial charge in [0.25, 0.3) is 5.89 Å². The molecule has 8 heteroatoms. The molecule has 0 radical (unpaired) electrons. The van der Waals surface area contributed by atoms with Gasteiger partial charge in [-0.05, 0) is 49.9 Å². The van der Waals surface area contributed by atoms with Gasteiger partial charge in [0.2, 0.25) is 17.5 Å². The maximum atomic E-state index is 13.3. The first-order valence-corrected chi connectivity index (χ1v) is 10.8. The van der Waals surface area contributed by atoms with Gasteiger partial charge >= 0.3 is 0 Å². The Morgan fingerprint density at radius 2 is 2.03 bits per heavy atom. The fourth-order valence-electron chi connectivity index (χ4n) is 4.83. The van der Waals surface area contributed by atoms with Crippen molar-refractivity contribution in [2.24, 2.45) is 13.0 Å². The smallest absolute Gasteiger partial charge is 0.266 e. The highest BCUT2D eigenvalue weighted by molar-refractivity contribution is 5.80. The lowest BCUT2D eigenvalue weighted by Gasteiger charge is -2.34. The Balaban J connectivity index is 1.27. The van der Waals surface area contributed by atoms with Crippen molar-refractivity contribution in [3.8, 4) is 17.7 Å². The maximum Gasteiger partial charge on any atom is 0.266 e. The number of hydrogen-bond acceptors (Lipinski definition) is 6. The molecule has 1 atom stereocenters. The van der Waals surface area contributed by atoms with E-state index in [0.29, 0.717) is 30.6 Å². The number of hydrogen-bond donors (Lipinski definition) is 0. The number of amides is 1. The van der Waals surface area contributed by atoms with Gasteiger partial charge in [0.15, 0.2) is 5.76 Å². The SMILES string of the molecule is Cn1cccc1C1CCCN1C(=O)C1CCN(c2oc(-c3ccco3)nc2C#N)CC1. The summed E-state index contributed by atoms with van der Waals surface area (Å²) in [7, 11) is 2.04. The van der Waals surface area contributed by atoms with E-state index in [9.17, 15) is 10.1 Å². The van der Waals surface area contributed by atoms with Gasteiger partial charge in [-0.1, -0.05) is 0 Å². The molecule has 1 amide bonds. The van der Waals surface area contributed by atoms with Crippen LogP contribution in [0.15, 0.2) is 45.6 Å². The summed E-state index contributed by atoms with van der Waals surface area (Å²) in [5, 5.41) is 9.49. The van der Waals surface area contributed by atoms with Crippen LogP contribution in [0.4, 0.5) is 5.88 Å². The zero-order valence-corrected chi connectivity index (χ0v) is 17.5. The number of nitriles is 1. The molecule has 0 bridgehead atoms. The molecule has 3 aromatic rings. The van der Waals surface area contributed by atoms with E-state index in [0.717, 1.165) is 32.2 Å². The van der Waals surface area contributed by atoms with Crippen LogP contribution in [-0.2, 0) is 11.8 Å². The predicted octanol–water partition coefficient (Wildman–Crippen LogP) is 3.72. The molecule has 2 aliphatic heterocycles. The van der Waals surface area contributed by atoms with Crippen molar-refractivity contribution in [2.75, 3.05) is 24.5 Å². The molecule has 2 aliphatic rings. The Labute approximate surface area is 180 Å². The fourth-order valence-corrected chi connectivity index (χ4v) is 4.83. The zero-order valence-electron chi connectivity index (χ0n) is 17.5. The van der Waals surface area contributed by atoms with Gasteiger partial charge < -0.3 is 23.2 Å². The number of carbonyl (C=O) groups is 1. The van der Waals surface area contributed by atoms with E-state index in [1.54, 1.807) is 18.4 Å². The third kappa shape index (κ3) is 3.50. The van der Waals surface area contributed by atoms with E-state index >= 15 is 0 Å². The molecule has 2 fully saturated rings. The molecule has 5 rings (SSSR count). The Hall–Kier alpha value is -3.47. The quantitative estimate of drug-likeness (QED) is 0.640. The minimum absolute atomic E-state index is 0.00452. The molecule has 160 valence electrons. The second-order valence-electron chi connectivity index (χ2n) is 8.26. The van der Waals surface area contributed by atoms with Crippen LogP contribution in [0.3, 0.4) is 0 Å². The summed E-state index contributed by atoms with van der Waals surface area (Å²) in [6.07, 6.45) is 7.11. The number of furan rings is 1. The van der Waals surface area contributed by atoms with Crippen molar-refractivity contribution < 1.29 is 13.6 Å². The Bertz CT molecular complexity index is 1100. The van der Waals surface area contributed by atoms with Crippen LogP contribution in [0.25, 0.3) is 11.7 Å². The number of aryl methyl sites for hydroxylation is 1. The van der Waals surface area contributed by atoms with Crippen LogP contribution in [0.5, 0.6) is 0 Å². The van der Waals surface area contributed by atoms with Crippen LogP contribution in [-0.4, -0.2) is 40.0 Å². The molecular formula is C23H25N5O3. The van der Waals surface area contributed by atoms with E-state index in [1.807, 2.05) is 24.2 Å². The van der Waals surface area contributed by atoms with Gasteiger partial charge in [-0.3, -0.25) is 4.79 Å². The lowest BCUT2D eigenvalue weighted by atomic mass is 9.94. The van der Waals surface area contributed by atoms with E-state index in [-0.39, 0.29) is 23.6 Å². The van der Waals surface area contributed by atoms with Crippen molar-refractivity contribution in [2.45, 2.75) is 31.7 Å². The molecular weight excluding hydrogens is 394 g/mol. The number of oxazole rings is 1. The van der Waals surface area contributed by atoms with Crippen molar-refractivity contribution in [1.29, 1.82) is 5.26 Å². The number of likely N-dealkylation sites (tertiary alicyclic amines) is 1. The van der Waals surface area contributed by atoms with Crippen LogP contribution in [0, 0.1) is 17.2 Å². The third-order valence-electron chi connectivity index (χ3n) is 6.44. The molecule has 0 aromatic carbocycles. The van der Waals surface area contributed by atoms with Crippen molar-refractivity contribution in [3.63, 3.8) is 0 Å². The fraction of sp³-hybridized carbons (Fsp3) is 0.435. The van der Waals surface area contributed by atoms with Crippen molar-refractivity contribution in [1.82, 2.24) is 14.5 Å². The minimum Gasteiger partial charge on any atom is -0.459 e. The molecule has 31 heavy (non-hydrogen) atoms. The van der Waals surface area contributed by atoms with E-state index < -0.39 is 0 Å². The predicted molar refractivity (Wildman–Crippen MR) is 113 cm³/mol. The van der Waals surface area contributed by atoms with E-state index in [2.05, 4.69) is 26.6 Å². The molecule has 0 N–H and O–H groups in total. The summed E-state index contributed by atoms with van der Waals surface area (Å²) in [5.41, 5.74) is 1.45. The second-order valence-corrected chi connectivity index (χ2v) is 8.26. The molecule has 8 nitrogen and oxygen atoms in total. The maximum absolute atomic E-state index is 13.3. The standard InChI is InChI=1S/C23H25N5O3/c1-26-10-2-5-18(26)19-6-3-11-28(19)22(29)16-8-12-27(13-9-16)23-17(15-24)25-21(31-23)20-7-4-14-30-20/h2,4-5,7,10,14,16,19H,3,6,8-9,11-13H2,1H3. The summed E-state index contributed by atoms with van der Waals surface area (Å²) in [5.74, 6) is 1.50. The molecule has 2 saturated heterocycles. The lowest BCUT2D eigenvalue weighted by Crippen LogP contribution is -2.42. The molecule has 1 unspecified atom stereocenters. The Morgan fingerprint density at radius 3 is 2.71 bits per heavy atom. The van der Waals surface area contributed by atoms with Gasteiger partial charge in [-0.15, -0.1) is 0 Å². The van der Waals surface area contributed by atoms with Crippen molar-refractivity contribution >= 4 is 11.8 Å². The lowest BCUT2D eigenvalue weighted by molar-refractivity contribution is -0.137. The first-order chi connectivity index (χ1) is 15.2. The Morgan fingerprint density at radius 1 is 1.19 bits per heavy atom. The number of aromatic nitrogens is 2. The highest BCUT2D eigenvalue weighted by Crippen LogP contribution is 2.36. The molecule has 3 aromatic heterocycles. The van der Waals surface area contributed by atoms with E-state index in [1.165, 1.54) is 5.69 Å². The highest BCUT2D eigenvalue weighted by Gasteiger charge is 2.37. The minimum atomic E-state index is -0.00452. The van der Waals surface area contributed by atoms with Gasteiger partial charge in [-0.25, -0.2) is 0 Å². The highest BCUT2D eigenvalue weighted by atomic mass is 16.4. The number of piperidine rings is 1. The molecule has 5 heterocycles. The van der Waals surface area contributed by atoms with Gasteiger partial charge in [0, 0.05) is 44.5 Å². The Kier molecular flexibility index (Phi) is 5.02. The molecule has 0 aliphatic carbocycles. The van der Waals surface area contributed by atoms with Crippen LogP contribution < -0.4 is 4.90 Å². The first-order valence-electron chi connectivity index (χ1n) is 10.8. The number of rotatable bonds is 4. The van der Waals surface area contributed by atoms with Crippen molar-refractivity contribution in [3.05, 3.63) is 48.1 Å². The number of carbonyl (C=O) groups excluding carboxylic acids is 1. The number of nitrogens with zero attached hydrogens (tertiary/aromatic N) is 5. The van der Waals surface area contributed by atoms with E-state index in [4.69, 9.17) is 8.83 Å². The second kappa shape index (κ2) is 7.99. The molecule has 0 saturated carbocycles. The van der Waals surface area contributed by atoms with Gasteiger partial charge in [-0.2, -0.15) is 10.2 Å². The summed E-state index contributed by atoms with van der Waals surface area (Å²) in [6, 6.07) is 9.94. The normalized spacial score (nSPS) is 19.7. The van der Waals surface area contributed by atoms with Gasteiger partial charge in [0.1, 0.15) is 6.07 Å². The summed E-state index contributed by atoms with van der Waals surface area (Å²) in [6.45, 7) is 2.13. The molecule has 0 spiro atoms. The first kappa shape index (κ1) is 19.5. The summed E-state index contributed by atoms with van der Waals surface area (Å²) >= 11 is 0. The largest absolute Gasteiger partial charge is 0.459 e. The number of anilines is 1. The van der Waals surface area contributed by atoms with Crippen LogP contribution >= 0.6 is 0 Å². The van der Waals surface area contributed by atoms with Crippen LogP contribution in [0.2, 0.25) is 0 Å². The average Bonchev–Trinajstić information content (AvgIpc) is 3.59. The zero-order chi connectivity index (χ0) is 21.4.